The first-order chi connectivity index (χ1) is 7.88. The van der Waals surface area contributed by atoms with Crippen LogP contribution in [0.1, 0.15) is 13.3 Å². The second-order valence-electron chi connectivity index (χ2n) is 3.92. The van der Waals surface area contributed by atoms with Crippen LogP contribution >= 0.6 is 0 Å². The first kappa shape index (κ1) is 13.5. The first-order valence-electron chi connectivity index (χ1n) is 5.12. The maximum Gasteiger partial charge on any atom is 0.179 e. The molecule has 0 aliphatic carbocycles. The molecule has 1 unspecified atom stereocenters. The van der Waals surface area contributed by atoms with E-state index in [1.807, 2.05) is 6.92 Å². The van der Waals surface area contributed by atoms with Crippen LogP contribution in [0.3, 0.4) is 0 Å². The average molecular weight is 253 g/mol. The minimum Gasteiger partial charge on any atom is -0.355 e. The van der Waals surface area contributed by atoms with Crippen molar-refractivity contribution in [2.24, 2.45) is 0 Å². The third-order valence-corrected chi connectivity index (χ3v) is 3.65. The zero-order valence-electron chi connectivity index (χ0n) is 10.1. The zero-order valence-corrected chi connectivity index (χ0v) is 10.9. The predicted octanol–water partition coefficient (Wildman–Crippen LogP) is 1.22. The van der Waals surface area contributed by atoms with E-state index >= 15 is 0 Å². The van der Waals surface area contributed by atoms with Gasteiger partial charge in [-0.1, -0.05) is 0 Å². The van der Waals surface area contributed by atoms with Crippen LogP contribution in [-0.2, 0) is 9.84 Å². The fourth-order valence-corrected chi connectivity index (χ4v) is 2.27. The third-order valence-electron chi connectivity index (χ3n) is 2.53. The summed E-state index contributed by atoms with van der Waals surface area (Å²) >= 11 is 0. The largest absolute Gasteiger partial charge is 0.355 e. The van der Waals surface area contributed by atoms with E-state index in [1.54, 1.807) is 24.2 Å². The van der Waals surface area contributed by atoms with Crippen LogP contribution in [0.2, 0.25) is 0 Å². The molecular weight excluding hydrogens is 238 g/mol. The maximum absolute atomic E-state index is 11.6. The molecular formula is C11H15N3O2S. The van der Waals surface area contributed by atoms with Gasteiger partial charge in [0.15, 0.2) is 9.84 Å². The van der Waals surface area contributed by atoms with Crippen LogP contribution in [0.4, 0.5) is 5.82 Å². The molecule has 1 aromatic heterocycles. The highest BCUT2D eigenvalue weighted by Gasteiger charge is 2.19. The molecule has 0 aliphatic heterocycles. The molecule has 0 radical (unpaired) electrons. The Kier molecular flexibility index (Phi) is 4.07. The van der Waals surface area contributed by atoms with E-state index in [4.69, 9.17) is 5.26 Å². The number of nitriles is 1. The van der Waals surface area contributed by atoms with Crippen molar-refractivity contribution in [3.05, 3.63) is 18.3 Å². The molecule has 92 valence electrons. The number of aromatic nitrogens is 1. The van der Waals surface area contributed by atoms with Crippen molar-refractivity contribution in [1.29, 1.82) is 5.26 Å². The average Bonchev–Trinajstić information content (AvgIpc) is 2.27. The molecule has 6 heteroatoms. The molecule has 0 N–H and O–H groups in total. The highest BCUT2D eigenvalue weighted by atomic mass is 32.2. The van der Waals surface area contributed by atoms with E-state index in [0.717, 1.165) is 6.26 Å². The SMILES string of the molecule is CC(CC#N)N(C)c1ncccc1S(C)(=O)=O. The number of nitrogens with zero attached hydrogens (tertiary/aromatic N) is 3. The van der Waals surface area contributed by atoms with Crippen LogP contribution < -0.4 is 4.90 Å². The van der Waals surface area contributed by atoms with Gasteiger partial charge in [0.1, 0.15) is 10.7 Å². The standard InChI is InChI=1S/C11H15N3O2S/c1-9(6-7-12)14(2)11-10(17(3,15)16)5-4-8-13-11/h4-5,8-9H,6H2,1-3H3. The van der Waals surface area contributed by atoms with Gasteiger partial charge in [-0.15, -0.1) is 0 Å². The Morgan fingerprint density at radius 3 is 2.76 bits per heavy atom. The van der Waals surface area contributed by atoms with Gasteiger partial charge in [-0.2, -0.15) is 5.26 Å². The van der Waals surface area contributed by atoms with Crippen LogP contribution in [-0.4, -0.2) is 32.7 Å². The number of rotatable bonds is 4. The molecule has 0 aromatic carbocycles. The Hall–Kier alpha value is -1.61. The van der Waals surface area contributed by atoms with Crippen LogP contribution in [0.15, 0.2) is 23.2 Å². The molecule has 0 bridgehead atoms. The summed E-state index contributed by atoms with van der Waals surface area (Å²) in [5.41, 5.74) is 0. The Morgan fingerprint density at radius 2 is 2.24 bits per heavy atom. The summed E-state index contributed by atoms with van der Waals surface area (Å²) in [5.74, 6) is 0.387. The number of sulfone groups is 1. The molecule has 0 spiro atoms. The molecule has 1 heterocycles. The van der Waals surface area contributed by atoms with Gasteiger partial charge in [0.2, 0.25) is 0 Å². The van der Waals surface area contributed by atoms with E-state index in [2.05, 4.69) is 11.1 Å². The summed E-state index contributed by atoms with van der Waals surface area (Å²) in [6.07, 6.45) is 3.01. The Balaban J connectivity index is 3.19. The summed E-state index contributed by atoms with van der Waals surface area (Å²) < 4.78 is 23.2. The van der Waals surface area contributed by atoms with Crippen molar-refractivity contribution in [3.63, 3.8) is 0 Å². The highest BCUT2D eigenvalue weighted by molar-refractivity contribution is 7.90. The molecule has 0 amide bonds. The topological polar surface area (TPSA) is 74.1 Å². The van der Waals surface area contributed by atoms with Crippen LogP contribution in [0.25, 0.3) is 0 Å². The Bertz CT molecular complexity index is 534. The summed E-state index contributed by atoms with van der Waals surface area (Å²) in [6.45, 7) is 1.85. The fourth-order valence-electron chi connectivity index (χ4n) is 1.41. The number of anilines is 1. The lowest BCUT2D eigenvalue weighted by atomic mass is 10.2. The van der Waals surface area contributed by atoms with Gasteiger partial charge >= 0.3 is 0 Å². The molecule has 1 rings (SSSR count). The zero-order chi connectivity index (χ0) is 13.1. The monoisotopic (exact) mass is 253 g/mol. The minimum absolute atomic E-state index is 0.0876. The van der Waals surface area contributed by atoms with Gasteiger partial charge in [-0.3, -0.25) is 0 Å². The van der Waals surface area contributed by atoms with Crippen molar-refractivity contribution in [2.75, 3.05) is 18.2 Å². The molecule has 5 nitrogen and oxygen atoms in total. The number of hydrogen-bond acceptors (Lipinski definition) is 5. The predicted molar refractivity (Wildman–Crippen MR) is 65.4 cm³/mol. The van der Waals surface area contributed by atoms with Gasteiger partial charge in [-0.05, 0) is 19.1 Å². The van der Waals surface area contributed by atoms with Crippen molar-refractivity contribution in [3.8, 4) is 6.07 Å². The third kappa shape index (κ3) is 3.17. The van der Waals surface area contributed by atoms with Gasteiger partial charge in [0.05, 0.1) is 12.5 Å². The molecule has 0 fully saturated rings. The van der Waals surface area contributed by atoms with Crippen molar-refractivity contribution < 1.29 is 8.42 Å². The fraction of sp³-hybridized carbons (Fsp3) is 0.455. The van der Waals surface area contributed by atoms with Gasteiger partial charge < -0.3 is 4.90 Å². The molecule has 0 aliphatic rings. The molecule has 1 atom stereocenters. The van der Waals surface area contributed by atoms with Crippen molar-refractivity contribution in [2.45, 2.75) is 24.3 Å². The van der Waals surface area contributed by atoms with Gasteiger partial charge in [0, 0.05) is 25.5 Å². The smallest absolute Gasteiger partial charge is 0.179 e. The van der Waals surface area contributed by atoms with Gasteiger partial charge in [0.25, 0.3) is 0 Å². The minimum atomic E-state index is -3.31. The Morgan fingerprint density at radius 1 is 1.59 bits per heavy atom. The van der Waals surface area contributed by atoms with Crippen LogP contribution in [0, 0.1) is 11.3 Å². The lowest BCUT2D eigenvalue weighted by Crippen LogP contribution is -2.30. The quantitative estimate of drug-likeness (QED) is 0.806. The molecule has 17 heavy (non-hydrogen) atoms. The second-order valence-corrected chi connectivity index (χ2v) is 5.90. The maximum atomic E-state index is 11.6. The summed E-state index contributed by atoms with van der Waals surface area (Å²) in [6, 6.07) is 5.08. The van der Waals surface area contributed by atoms with Crippen molar-refractivity contribution >= 4 is 15.7 Å². The summed E-state index contributed by atoms with van der Waals surface area (Å²) in [4.78, 5) is 5.98. The number of hydrogen-bond donors (Lipinski definition) is 0. The van der Waals surface area contributed by atoms with Gasteiger partial charge in [-0.25, -0.2) is 13.4 Å². The first-order valence-corrected chi connectivity index (χ1v) is 7.02. The summed E-state index contributed by atoms with van der Waals surface area (Å²) in [7, 11) is -1.58. The molecule has 1 aromatic rings. The van der Waals surface area contributed by atoms with E-state index in [-0.39, 0.29) is 10.9 Å². The summed E-state index contributed by atoms with van der Waals surface area (Å²) in [5, 5.41) is 8.65. The Labute approximate surface area is 102 Å². The normalized spacial score (nSPS) is 12.8. The van der Waals surface area contributed by atoms with E-state index < -0.39 is 9.84 Å². The number of pyridine rings is 1. The second kappa shape index (κ2) is 5.15. The lowest BCUT2D eigenvalue weighted by Gasteiger charge is -2.25. The van der Waals surface area contributed by atoms with E-state index in [1.165, 1.54) is 6.07 Å². The lowest BCUT2D eigenvalue weighted by molar-refractivity contribution is 0.600. The van der Waals surface area contributed by atoms with E-state index in [0.29, 0.717) is 12.2 Å². The highest BCUT2D eigenvalue weighted by Crippen LogP contribution is 2.23. The van der Waals surface area contributed by atoms with Crippen LogP contribution in [0.5, 0.6) is 0 Å². The molecule has 0 saturated heterocycles. The van der Waals surface area contributed by atoms with E-state index in [9.17, 15) is 8.42 Å². The van der Waals surface area contributed by atoms with Crippen molar-refractivity contribution in [1.82, 2.24) is 4.98 Å². The molecule has 0 saturated carbocycles.